The second kappa shape index (κ2) is 6.30. The van der Waals surface area contributed by atoms with Crippen LogP contribution in [0.1, 0.15) is 42.6 Å². The van der Waals surface area contributed by atoms with Crippen LogP contribution in [0.15, 0.2) is 0 Å². The van der Waals surface area contributed by atoms with Gasteiger partial charge in [0.05, 0.1) is 18.2 Å². The van der Waals surface area contributed by atoms with Gasteiger partial charge in [0.15, 0.2) is 0 Å². The summed E-state index contributed by atoms with van der Waals surface area (Å²) in [5.41, 5.74) is 0.739. The smallest absolute Gasteiger partial charge is 0.267 e. The first-order valence-corrected chi connectivity index (χ1v) is 6.38. The molecule has 92 valence electrons. The van der Waals surface area contributed by atoms with E-state index in [1.54, 1.807) is 4.90 Å². The van der Waals surface area contributed by atoms with Crippen molar-refractivity contribution in [3.05, 3.63) is 10.6 Å². The van der Waals surface area contributed by atoms with E-state index < -0.39 is 0 Å². The van der Waals surface area contributed by atoms with Crippen molar-refractivity contribution in [2.75, 3.05) is 6.54 Å². The Labute approximate surface area is 105 Å². The van der Waals surface area contributed by atoms with Gasteiger partial charge in [-0.15, -0.1) is 5.10 Å². The minimum atomic E-state index is -0.0675. The first-order valence-electron chi connectivity index (χ1n) is 5.60. The topological polar surface area (TPSA) is 69.9 Å². The first-order chi connectivity index (χ1) is 8.11. The number of rotatable bonds is 5. The lowest BCUT2D eigenvalue weighted by molar-refractivity contribution is 0.0714. The number of amides is 1. The van der Waals surface area contributed by atoms with E-state index in [0.29, 0.717) is 24.3 Å². The van der Waals surface area contributed by atoms with E-state index in [2.05, 4.69) is 15.7 Å². The van der Waals surface area contributed by atoms with E-state index in [0.717, 1.165) is 17.2 Å². The molecule has 0 aliphatic heterocycles. The minimum absolute atomic E-state index is 0.0675. The lowest BCUT2D eigenvalue weighted by Gasteiger charge is -2.25. The van der Waals surface area contributed by atoms with Gasteiger partial charge in [-0.3, -0.25) is 4.79 Å². The number of nitrogens with zero attached hydrogens (tertiary/aromatic N) is 4. The summed E-state index contributed by atoms with van der Waals surface area (Å²) in [7, 11) is 0. The fourth-order valence-electron chi connectivity index (χ4n) is 1.50. The summed E-state index contributed by atoms with van der Waals surface area (Å²) < 4.78 is 3.82. The molecule has 0 spiro atoms. The molecule has 0 atom stereocenters. The second-order valence-electron chi connectivity index (χ2n) is 3.90. The molecule has 0 aliphatic rings. The SMILES string of the molecule is CCc1nnsc1C(=O)N(CCC#N)C(C)C. The number of carbonyl (C=O) groups excluding carboxylic acids is 1. The van der Waals surface area contributed by atoms with Crippen LogP contribution in [0.5, 0.6) is 0 Å². The van der Waals surface area contributed by atoms with E-state index in [1.165, 1.54) is 0 Å². The normalized spacial score (nSPS) is 10.3. The summed E-state index contributed by atoms with van der Waals surface area (Å²) in [6.07, 6.45) is 1.04. The molecule has 1 heterocycles. The van der Waals surface area contributed by atoms with Crippen molar-refractivity contribution < 1.29 is 4.79 Å². The molecule has 6 heteroatoms. The zero-order valence-corrected chi connectivity index (χ0v) is 11.1. The molecular weight excluding hydrogens is 236 g/mol. The highest BCUT2D eigenvalue weighted by atomic mass is 32.1. The predicted octanol–water partition coefficient (Wildman–Crippen LogP) is 1.86. The summed E-state index contributed by atoms with van der Waals surface area (Å²) in [4.78, 5) is 14.6. The summed E-state index contributed by atoms with van der Waals surface area (Å²) in [6, 6.07) is 2.13. The lowest BCUT2D eigenvalue weighted by Crippen LogP contribution is -2.37. The van der Waals surface area contributed by atoms with Crippen molar-refractivity contribution in [3.8, 4) is 6.07 Å². The second-order valence-corrected chi connectivity index (χ2v) is 4.66. The molecule has 0 unspecified atom stereocenters. The molecule has 0 radical (unpaired) electrons. The summed E-state index contributed by atoms with van der Waals surface area (Å²) >= 11 is 1.13. The van der Waals surface area contributed by atoms with E-state index >= 15 is 0 Å². The third kappa shape index (κ3) is 3.24. The molecule has 1 amide bonds. The zero-order valence-electron chi connectivity index (χ0n) is 10.3. The molecule has 0 saturated heterocycles. The quantitative estimate of drug-likeness (QED) is 0.802. The van der Waals surface area contributed by atoms with Gasteiger partial charge in [-0.05, 0) is 31.8 Å². The number of hydrogen-bond acceptors (Lipinski definition) is 5. The maximum Gasteiger partial charge on any atom is 0.267 e. The van der Waals surface area contributed by atoms with Crippen molar-refractivity contribution in [1.82, 2.24) is 14.5 Å². The minimum Gasteiger partial charge on any atom is -0.334 e. The fraction of sp³-hybridized carbons (Fsp3) is 0.636. The van der Waals surface area contributed by atoms with Crippen molar-refractivity contribution in [3.63, 3.8) is 0 Å². The van der Waals surface area contributed by atoms with Crippen LogP contribution < -0.4 is 0 Å². The molecule has 1 aromatic heterocycles. The fourth-order valence-corrected chi connectivity index (χ4v) is 2.20. The number of aryl methyl sites for hydroxylation is 1. The molecule has 0 saturated carbocycles. The van der Waals surface area contributed by atoms with Crippen LogP contribution in [0.3, 0.4) is 0 Å². The van der Waals surface area contributed by atoms with E-state index in [9.17, 15) is 4.79 Å². The molecule has 1 rings (SSSR count). The van der Waals surface area contributed by atoms with Gasteiger partial charge in [-0.1, -0.05) is 11.4 Å². The van der Waals surface area contributed by atoms with Crippen LogP contribution in [0.25, 0.3) is 0 Å². The average Bonchev–Trinajstić information content (AvgIpc) is 2.76. The third-order valence-electron chi connectivity index (χ3n) is 2.43. The highest BCUT2D eigenvalue weighted by molar-refractivity contribution is 7.08. The van der Waals surface area contributed by atoms with Crippen molar-refractivity contribution in [2.45, 2.75) is 39.7 Å². The Morgan fingerprint density at radius 1 is 1.59 bits per heavy atom. The van der Waals surface area contributed by atoms with E-state index in [1.807, 2.05) is 20.8 Å². The van der Waals surface area contributed by atoms with Crippen molar-refractivity contribution in [2.24, 2.45) is 0 Å². The first kappa shape index (κ1) is 13.6. The largest absolute Gasteiger partial charge is 0.334 e. The molecule has 1 aromatic rings. The summed E-state index contributed by atoms with van der Waals surface area (Å²) in [5, 5.41) is 12.5. The number of carbonyl (C=O) groups is 1. The molecule has 0 aliphatic carbocycles. The maximum atomic E-state index is 12.3. The zero-order chi connectivity index (χ0) is 12.8. The van der Waals surface area contributed by atoms with Gasteiger partial charge in [-0.25, -0.2) is 0 Å². The summed E-state index contributed by atoms with van der Waals surface area (Å²) in [6.45, 7) is 6.28. The van der Waals surface area contributed by atoms with Crippen molar-refractivity contribution >= 4 is 17.4 Å². The Bertz CT molecular complexity index is 421. The van der Waals surface area contributed by atoms with Gasteiger partial charge in [0.1, 0.15) is 4.88 Å². The van der Waals surface area contributed by atoms with E-state index in [4.69, 9.17) is 5.26 Å². The molecule has 0 fully saturated rings. The van der Waals surface area contributed by atoms with Gasteiger partial charge in [0.2, 0.25) is 0 Å². The van der Waals surface area contributed by atoms with Gasteiger partial charge in [0.25, 0.3) is 5.91 Å². The number of nitriles is 1. The monoisotopic (exact) mass is 252 g/mol. The third-order valence-corrected chi connectivity index (χ3v) is 3.19. The highest BCUT2D eigenvalue weighted by Crippen LogP contribution is 2.16. The molecule has 0 bridgehead atoms. The van der Waals surface area contributed by atoms with E-state index in [-0.39, 0.29) is 11.9 Å². The highest BCUT2D eigenvalue weighted by Gasteiger charge is 2.23. The predicted molar refractivity (Wildman–Crippen MR) is 65.7 cm³/mol. The van der Waals surface area contributed by atoms with Gasteiger partial charge < -0.3 is 4.90 Å². The van der Waals surface area contributed by atoms with Crippen molar-refractivity contribution in [1.29, 1.82) is 5.26 Å². The van der Waals surface area contributed by atoms with Gasteiger partial charge >= 0.3 is 0 Å². The van der Waals surface area contributed by atoms with Crippen LogP contribution in [0.4, 0.5) is 0 Å². The van der Waals surface area contributed by atoms with Gasteiger partial charge in [-0.2, -0.15) is 5.26 Å². The lowest BCUT2D eigenvalue weighted by atomic mass is 10.2. The Hall–Kier alpha value is -1.48. The molecular formula is C11H16N4OS. The van der Waals surface area contributed by atoms with Gasteiger partial charge in [0, 0.05) is 12.6 Å². The summed E-state index contributed by atoms with van der Waals surface area (Å²) in [5.74, 6) is -0.0675. The molecule has 17 heavy (non-hydrogen) atoms. The van der Waals surface area contributed by atoms with Crippen LogP contribution in [0, 0.1) is 11.3 Å². The Balaban J connectivity index is 2.88. The Morgan fingerprint density at radius 2 is 2.29 bits per heavy atom. The van der Waals surface area contributed by atoms with Crippen LogP contribution in [-0.2, 0) is 6.42 Å². The standard InChI is InChI=1S/C11H16N4OS/c1-4-9-10(17-14-13-9)11(16)15(8(2)3)7-5-6-12/h8H,4-5,7H2,1-3H3. The Morgan fingerprint density at radius 3 is 2.82 bits per heavy atom. The number of hydrogen-bond donors (Lipinski definition) is 0. The maximum absolute atomic E-state index is 12.3. The Kier molecular flexibility index (Phi) is 5.04. The van der Waals surface area contributed by atoms with Crippen LogP contribution >= 0.6 is 11.5 Å². The van der Waals surface area contributed by atoms with Crippen LogP contribution in [-0.4, -0.2) is 33.0 Å². The number of aromatic nitrogens is 2. The van der Waals surface area contributed by atoms with Crippen LogP contribution in [0.2, 0.25) is 0 Å². The molecule has 0 N–H and O–H groups in total. The molecule has 0 aromatic carbocycles. The molecule has 5 nitrogen and oxygen atoms in total. The average molecular weight is 252 g/mol.